The van der Waals surface area contributed by atoms with E-state index in [0.29, 0.717) is 17.2 Å². The van der Waals surface area contributed by atoms with Gasteiger partial charge < -0.3 is 5.73 Å². The van der Waals surface area contributed by atoms with Crippen molar-refractivity contribution >= 4 is 27.9 Å². The van der Waals surface area contributed by atoms with E-state index in [4.69, 9.17) is 5.73 Å². The third-order valence-electron chi connectivity index (χ3n) is 1.55. The summed E-state index contributed by atoms with van der Waals surface area (Å²) in [6.07, 6.45) is 1.71. The van der Waals surface area contributed by atoms with E-state index in [1.807, 2.05) is 0 Å². The fourth-order valence-electron chi connectivity index (χ4n) is 0.894. The summed E-state index contributed by atoms with van der Waals surface area (Å²) in [5.74, 6) is 0. The first-order valence-electron chi connectivity index (χ1n) is 3.48. The molecule has 0 unspecified atom stereocenters. The van der Waals surface area contributed by atoms with Crippen molar-refractivity contribution in [3.63, 3.8) is 0 Å². The van der Waals surface area contributed by atoms with Gasteiger partial charge in [-0.05, 0) is 0 Å². The molecule has 5 nitrogen and oxygen atoms in total. The van der Waals surface area contributed by atoms with E-state index >= 15 is 0 Å². The maximum Gasteiger partial charge on any atom is 0.307 e. The summed E-state index contributed by atoms with van der Waals surface area (Å²) in [6, 6.07) is 0. The first kappa shape index (κ1) is 8.39. The van der Waals surface area contributed by atoms with Crippen molar-refractivity contribution in [3.8, 4) is 0 Å². The summed E-state index contributed by atoms with van der Waals surface area (Å²) >= 11 is 2.29. The van der Waals surface area contributed by atoms with Crippen molar-refractivity contribution in [1.82, 2.24) is 14.2 Å². The predicted octanol–water partition coefficient (Wildman–Crippen LogP) is 0.392. The van der Waals surface area contributed by atoms with Gasteiger partial charge in [0, 0.05) is 23.1 Å². The third-order valence-corrected chi connectivity index (χ3v) is 2.84. The lowest BCUT2D eigenvalue weighted by Crippen LogP contribution is -2.13. The Hall–Kier alpha value is -1.21. The molecule has 0 amide bonds. The number of rotatable bonds is 2. The molecule has 0 saturated carbocycles. The van der Waals surface area contributed by atoms with Crippen LogP contribution < -0.4 is 10.6 Å². The topological polar surface area (TPSA) is 73.8 Å². The largest absolute Gasteiger partial charge is 0.388 e. The molecule has 0 aromatic carbocycles. The molecule has 0 fully saturated rings. The van der Waals surface area contributed by atoms with Gasteiger partial charge in [0.15, 0.2) is 0 Å². The molecule has 7 heteroatoms. The molecular weight excluding hydrogens is 208 g/mol. The summed E-state index contributed by atoms with van der Waals surface area (Å²) in [6.45, 7) is 0.407. The average Bonchev–Trinajstić information content (AvgIpc) is 2.65. The molecule has 0 aliphatic heterocycles. The molecule has 0 bridgehead atoms. The lowest BCUT2D eigenvalue weighted by atomic mass is 10.4. The molecule has 2 N–H and O–H groups in total. The van der Waals surface area contributed by atoms with Crippen LogP contribution in [0, 0.1) is 0 Å². The molecule has 0 atom stereocenters. The highest BCUT2D eigenvalue weighted by molar-refractivity contribution is 7.09. The first-order valence-corrected chi connectivity index (χ1v) is 5.13. The number of nitrogens with two attached hydrogens (primary N) is 1. The minimum atomic E-state index is -0.00704. The Morgan fingerprint density at radius 2 is 2.46 bits per heavy atom. The van der Waals surface area contributed by atoms with Gasteiger partial charge in [-0.25, -0.2) is 0 Å². The third kappa shape index (κ3) is 1.61. The van der Waals surface area contributed by atoms with Crippen LogP contribution >= 0.6 is 22.9 Å². The lowest BCUT2D eigenvalue weighted by Gasteiger charge is -1.96. The van der Waals surface area contributed by atoms with Crippen molar-refractivity contribution in [2.24, 2.45) is 0 Å². The number of hydrogen-bond donors (Lipinski definition) is 1. The van der Waals surface area contributed by atoms with E-state index in [9.17, 15) is 4.79 Å². The Morgan fingerprint density at radius 1 is 1.62 bits per heavy atom. The van der Waals surface area contributed by atoms with Gasteiger partial charge in [-0.15, -0.1) is 5.10 Å². The Kier molecular flexibility index (Phi) is 2.11. The minimum absolute atomic E-state index is 0.00704. The fourth-order valence-corrected chi connectivity index (χ4v) is 1.92. The quantitative estimate of drug-likeness (QED) is 0.785. The van der Waals surface area contributed by atoms with Gasteiger partial charge in [0.25, 0.3) is 0 Å². The Balaban J connectivity index is 2.29. The highest BCUT2D eigenvalue weighted by Crippen LogP contribution is 2.12. The molecule has 2 aromatic heterocycles. The Bertz CT molecular complexity index is 457. The van der Waals surface area contributed by atoms with Crippen LogP contribution in [-0.4, -0.2) is 14.2 Å². The molecule has 0 radical (unpaired) electrons. The van der Waals surface area contributed by atoms with Gasteiger partial charge in [0.1, 0.15) is 10.7 Å². The molecule has 0 aliphatic carbocycles. The smallest absolute Gasteiger partial charge is 0.307 e. The van der Waals surface area contributed by atoms with Crippen LogP contribution in [0.15, 0.2) is 16.4 Å². The van der Waals surface area contributed by atoms with E-state index in [0.717, 1.165) is 22.9 Å². The average molecular weight is 214 g/mol. The SMILES string of the molecule is Nc1snnc1Cn1ccsc1=O. The predicted molar refractivity (Wildman–Crippen MR) is 52.0 cm³/mol. The van der Waals surface area contributed by atoms with E-state index < -0.39 is 0 Å². The summed E-state index contributed by atoms with van der Waals surface area (Å²) in [5.41, 5.74) is 6.25. The molecule has 0 spiro atoms. The summed E-state index contributed by atoms with van der Waals surface area (Å²) in [5, 5.41) is 6.12. The van der Waals surface area contributed by atoms with Gasteiger partial charge in [-0.1, -0.05) is 15.8 Å². The molecule has 2 heterocycles. The van der Waals surface area contributed by atoms with Gasteiger partial charge in [-0.3, -0.25) is 9.36 Å². The Labute approximate surface area is 81.6 Å². The van der Waals surface area contributed by atoms with Crippen LogP contribution in [0.1, 0.15) is 5.69 Å². The van der Waals surface area contributed by atoms with Crippen molar-refractivity contribution in [1.29, 1.82) is 0 Å². The number of nitrogens with zero attached hydrogens (tertiary/aromatic N) is 3. The van der Waals surface area contributed by atoms with Crippen LogP contribution in [0.3, 0.4) is 0 Å². The van der Waals surface area contributed by atoms with Crippen molar-refractivity contribution in [2.45, 2.75) is 6.54 Å². The van der Waals surface area contributed by atoms with Crippen LogP contribution in [0.4, 0.5) is 5.00 Å². The number of hydrogen-bond acceptors (Lipinski definition) is 6. The molecule has 68 valence electrons. The van der Waals surface area contributed by atoms with Crippen LogP contribution in [-0.2, 0) is 6.54 Å². The van der Waals surface area contributed by atoms with Gasteiger partial charge in [0.2, 0.25) is 0 Å². The monoisotopic (exact) mass is 214 g/mol. The standard InChI is InChI=1S/C6H6N4OS2/c7-5-4(8-9-13-5)3-10-1-2-12-6(10)11/h1-2H,3,7H2. The second kappa shape index (κ2) is 3.27. The molecule has 2 rings (SSSR count). The maximum atomic E-state index is 11.2. The van der Waals surface area contributed by atoms with Crippen molar-refractivity contribution < 1.29 is 0 Å². The zero-order chi connectivity index (χ0) is 9.26. The highest BCUT2D eigenvalue weighted by Gasteiger charge is 2.05. The van der Waals surface area contributed by atoms with Crippen molar-refractivity contribution in [2.75, 3.05) is 5.73 Å². The minimum Gasteiger partial charge on any atom is -0.388 e. The molecule has 0 saturated heterocycles. The fraction of sp³-hybridized carbons (Fsp3) is 0.167. The van der Waals surface area contributed by atoms with Crippen LogP contribution in [0.5, 0.6) is 0 Å². The molecule has 2 aromatic rings. The van der Waals surface area contributed by atoms with Crippen molar-refractivity contribution in [3.05, 3.63) is 26.9 Å². The molecule has 13 heavy (non-hydrogen) atoms. The molecular formula is C6H6N4OS2. The number of nitrogen functional groups attached to an aromatic ring is 1. The van der Waals surface area contributed by atoms with Crippen LogP contribution in [0.2, 0.25) is 0 Å². The summed E-state index contributed by atoms with van der Waals surface area (Å²) in [7, 11) is 0. The van der Waals surface area contributed by atoms with E-state index in [2.05, 4.69) is 9.59 Å². The number of thiazole rings is 1. The van der Waals surface area contributed by atoms with Gasteiger partial charge in [0.05, 0.1) is 6.54 Å². The highest BCUT2D eigenvalue weighted by atomic mass is 32.1. The Morgan fingerprint density at radius 3 is 3.00 bits per heavy atom. The molecule has 0 aliphatic rings. The lowest BCUT2D eigenvalue weighted by molar-refractivity contribution is 0.758. The van der Waals surface area contributed by atoms with Gasteiger partial charge >= 0.3 is 4.87 Å². The van der Waals surface area contributed by atoms with Crippen LogP contribution in [0.25, 0.3) is 0 Å². The van der Waals surface area contributed by atoms with E-state index in [1.165, 1.54) is 0 Å². The number of aromatic nitrogens is 3. The first-order chi connectivity index (χ1) is 6.27. The second-order valence-electron chi connectivity index (χ2n) is 2.38. The zero-order valence-corrected chi connectivity index (χ0v) is 8.14. The van der Waals surface area contributed by atoms with E-state index in [-0.39, 0.29) is 4.87 Å². The second-order valence-corrected chi connectivity index (χ2v) is 4.02. The van der Waals surface area contributed by atoms with Gasteiger partial charge in [-0.2, -0.15) is 0 Å². The summed E-state index contributed by atoms with van der Waals surface area (Å²) in [4.78, 5) is 11.1. The summed E-state index contributed by atoms with van der Waals surface area (Å²) < 4.78 is 5.24. The zero-order valence-electron chi connectivity index (χ0n) is 6.51. The maximum absolute atomic E-state index is 11.2. The normalized spacial score (nSPS) is 10.5. The number of anilines is 1. The van der Waals surface area contributed by atoms with E-state index in [1.54, 1.807) is 16.1 Å².